The second-order valence-electron chi connectivity index (χ2n) is 4.28. The van der Waals surface area contributed by atoms with Gasteiger partial charge in [-0.3, -0.25) is 4.79 Å². The van der Waals surface area contributed by atoms with Crippen molar-refractivity contribution in [2.45, 2.75) is 6.42 Å². The predicted molar refractivity (Wildman–Crippen MR) is 62.9 cm³/mol. The number of carbonyl (C=O) groups is 2. The Morgan fingerprint density at radius 1 is 1.56 bits per heavy atom. The number of anilines is 1. The van der Waals surface area contributed by atoms with Crippen LogP contribution < -0.4 is 10.6 Å². The molecule has 0 aliphatic carbocycles. The summed E-state index contributed by atoms with van der Waals surface area (Å²) in [6, 6.07) is 3.30. The van der Waals surface area contributed by atoms with Gasteiger partial charge in [-0.05, 0) is 30.7 Å². The number of amides is 1. The Kier molecular flexibility index (Phi) is 3.29. The molecular weight excluding hydrogens is 239 g/mol. The summed E-state index contributed by atoms with van der Waals surface area (Å²) >= 11 is 0. The fourth-order valence-corrected chi connectivity index (χ4v) is 2.08. The van der Waals surface area contributed by atoms with E-state index in [1.165, 1.54) is 4.90 Å². The van der Waals surface area contributed by atoms with Crippen LogP contribution in [0.1, 0.15) is 16.8 Å². The Hall–Kier alpha value is -1.95. The van der Waals surface area contributed by atoms with E-state index in [1.54, 1.807) is 0 Å². The lowest BCUT2D eigenvalue weighted by atomic mass is 10.1. The summed E-state index contributed by atoms with van der Waals surface area (Å²) in [4.78, 5) is 24.1. The largest absolute Gasteiger partial charge is 0.478 e. The minimum absolute atomic E-state index is 0.0117. The SMILES string of the molecule is NCC1CC(=O)N(c2cc(F)ccc2C(=O)O)C1. The Balaban J connectivity index is 2.41. The van der Waals surface area contributed by atoms with Crippen LogP contribution in [0.4, 0.5) is 10.1 Å². The van der Waals surface area contributed by atoms with Gasteiger partial charge in [0.15, 0.2) is 0 Å². The summed E-state index contributed by atoms with van der Waals surface area (Å²) < 4.78 is 13.2. The monoisotopic (exact) mass is 252 g/mol. The molecule has 1 heterocycles. The zero-order valence-electron chi connectivity index (χ0n) is 9.60. The number of rotatable bonds is 3. The third-order valence-electron chi connectivity index (χ3n) is 3.02. The van der Waals surface area contributed by atoms with Crippen LogP contribution in [0.2, 0.25) is 0 Å². The molecule has 0 radical (unpaired) electrons. The lowest BCUT2D eigenvalue weighted by Crippen LogP contribution is -2.27. The summed E-state index contributed by atoms with van der Waals surface area (Å²) in [5, 5.41) is 9.04. The first kappa shape index (κ1) is 12.5. The molecule has 1 saturated heterocycles. The zero-order chi connectivity index (χ0) is 13.3. The van der Waals surface area contributed by atoms with Gasteiger partial charge in [-0.25, -0.2) is 9.18 Å². The topological polar surface area (TPSA) is 83.6 Å². The first-order chi connectivity index (χ1) is 8.52. The number of carboxylic acids is 1. The summed E-state index contributed by atoms with van der Waals surface area (Å²) in [6.45, 7) is 0.680. The molecular formula is C12H13FN2O3. The van der Waals surface area contributed by atoms with Crippen molar-refractivity contribution in [3.05, 3.63) is 29.6 Å². The van der Waals surface area contributed by atoms with E-state index >= 15 is 0 Å². The number of hydrogen-bond acceptors (Lipinski definition) is 3. The number of nitrogens with two attached hydrogens (primary N) is 1. The third-order valence-corrected chi connectivity index (χ3v) is 3.02. The van der Waals surface area contributed by atoms with Crippen LogP contribution in [0.25, 0.3) is 0 Å². The molecule has 1 aromatic carbocycles. The molecule has 1 fully saturated rings. The Morgan fingerprint density at radius 3 is 2.83 bits per heavy atom. The predicted octanol–water partition coefficient (Wildman–Crippen LogP) is 0.836. The maximum atomic E-state index is 13.2. The molecule has 1 atom stereocenters. The Bertz CT molecular complexity index is 504. The molecule has 1 aromatic rings. The molecule has 1 amide bonds. The van der Waals surface area contributed by atoms with Crippen LogP contribution in [0.5, 0.6) is 0 Å². The van der Waals surface area contributed by atoms with Crippen LogP contribution in [0, 0.1) is 11.7 Å². The minimum atomic E-state index is -1.19. The zero-order valence-corrected chi connectivity index (χ0v) is 9.60. The molecule has 0 saturated carbocycles. The molecule has 1 aliphatic heterocycles. The smallest absolute Gasteiger partial charge is 0.337 e. The van der Waals surface area contributed by atoms with E-state index in [1.807, 2.05) is 0 Å². The summed E-state index contributed by atoms with van der Waals surface area (Å²) in [6.07, 6.45) is 0.270. The maximum absolute atomic E-state index is 13.2. The number of aromatic carboxylic acids is 1. The summed E-state index contributed by atoms with van der Waals surface area (Å²) in [7, 11) is 0. The fourth-order valence-electron chi connectivity index (χ4n) is 2.08. The molecule has 96 valence electrons. The van der Waals surface area contributed by atoms with Gasteiger partial charge in [0.05, 0.1) is 11.3 Å². The highest BCUT2D eigenvalue weighted by atomic mass is 19.1. The molecule has 0 aromatic heterocycles. The van der Waals surface area contributed by atoms with Crippen molar-refractivity contribution in [1.29, 1.82) is 0 Å². The van der Waals surface area contributed by atoms with E-state index < -0.39 is 11.8 Å². The molecule has 1 unspecified atom stereocenters. The maximum Gasteiger partial charge on any atom is 0.337 e. The first-order valence-electron chi connectivity index (χ1n) is 5.56. The Morgan fingerprint density at radius 2 is 2.28 bits per heavy atom. The number of carbonyl (C=O) groups excluding carboxylic acids is 1. The van der Waals surface area contributed by atoms with Crippen LogP contribution >= 0.6 is 0 Å². The standard InChI is InChI=1S/C12H13FN2O3/c13-8-1-2-9(12(17)18)10(4-8)15-6-7(5-14)3-11(15)16/h1-2,4,7H,3,5-6,14H2,(H,17,18). The van der Waals surface area contributed by atoms with Gasteiger partial charge in [0, 0.05) is 13.0 Å². The lowest BCUT2D eigenvalue weighted by molar-refractivity contribution is -0.117. The minimum Gasteiger partial charge on any atom is -0.478 e. The number of hydrogen-bond donors (Lipinski definition) is 2. The van der Waals surface area contributed by atoms with Crippen molar-refractivity contribution >= 4 is 17.6 Å². The second kappa shape index (κ2) is 4.73. The van der Waals surface area contributed by atoms with Gasteiger partial charge in [-0.1, -0.05) is 0 Å². The van der Waals surface area contributed by atoms with E-state index in [2.05, 4.69) is 0 Å². The summed E-state index contributed by atoms with van der Waals surface area (Å²) in [5.41, 5.74) is 5.51. The average molecular weight is 252 g/mol. The van der Waals surface area contributed by atoms with Gasteiger partial charge in [-0.2, -0.15) is 0 Å². The third kappa shape index (κ3) is 2.19. The highest BCUT2D eigenvalue weighted by Gasteiger charge is 2.32. The quantitative estimate of drug-likeness (QED) is 0.834. The normalized spacial score (nSPS) is 19.3. The van der Waals surface area contributed by atoms with Crippen molar-refractivity contribution in [2.24, 2.45) is 11.7 Å². The molecule has 18 heavy (non-hydrogen) atoms. The molecule has 3 N–H and O–H groups in total. The van der Waals surface area contributed by atoms with Gasteiger partial charge in [0.2, 0.25) is 5.91 Å². The molecule has 0 spiro atoms. The van der Waals surface area contributed by atoms with Crippen LogP contribution in [0.3, 0.4) is 0 Å². The average Bonchev–Trinajstić information content (AvgIpc) is 2.70. The lowest BCUT2D eigenvalue weighted by Gasteiger charge is -2.18. The Labute approximate surface area is 103 Å². The molecule has 1 aliphatic rings. The number of halogens is 1. The number of benzene rings is 1. The van der Waals surface area contributed by atoms with Gasteiger partial charge in [0.1, 0.15) is 5.82 Å². The first-order valence-corrected chi connectivity index (χ1v) is 5.56. The van der Waals surface area contributed by atoms with E-state index in [0.29, 0.717) is 13.1 Å². The van der Waals surface area contributed by atoms with Gasteiger partial charge >= 0.3 is 5.97 Å². The van der Waals surface area contributed by atoms with Gasteiger partial charge in [-0.15, -0.1) is 0 Å². The van der Waals surface area contributed by atoms with Crippen molar-refractivity contribution in [2.75, 3.05) is 18.0 Å². The number of nitrogens with zero attached hydrogens (tertiary/aromatic N) is 1. The van der Waals surface area contributed by atoms with Crippen molar-refractivity contribution in [3.63, 3.8) is 0 Å². The van der Waals surface area contributed by atoms with Crippen LogP contribution in [-0.2, 0) is 4.79 Å². The van der Waals surface area contributed by atoms with E-state index in [9.17, 15) is 14.0 Å². The summed E-state index contributed by atoms with van der Waals surface area (Å²) in [5.74, 6) is -1.99. The molecule has 0 bridgehead atoms. The van der Waals surface area contributed by atoms with Crippen LogP contribution in [-0.4, -0.2) is 30.1 Å². The van der Waals surface area contributed by atoms with Crippen LogP contribution in [0.15, 0.2) is 18.2 Å². The van der Waals surface area contributed by atoms with Crippen molar-refractivity contribution in [1.82, 2.24) is 0 Å². The number of carboxylic acid groups (broad SMARTS) is 1. The highest BCUT2D eigenvalue weighted by Crippen LogP contribution is 2.28. The van der Waals surface area contributed by atoms with Crippen molar-refractivity contribution in [3.8, 4) is 0 Å². The second-order valence-corrected chi connectivity index (χ2v) is 4.28. The fraction of sp³-hybridized carbons (Fsp3) is 0.333. The van der Waals surface area contributed by atoms with Gasteiger partial charge < -0.3 is 15.7 Å². The highest BCUT2D eigenvalue weighted by molar-refractivity contribution is 6.03. The van der Waals surface area contributed by atoms with Crippen molar-refractivity contribution < 1.29 is 19.1 Å². The molecule has 2 rings (SSSR count). The molecule has 6 heteroatoms. The van der Waals surface area contributed by atoms with Gasteiger partial charge in [0.25, 0.3) is 0 Å². The van der Waals surface area contributed by atoms with E-state index in [-0.39, 0.29) is 29.5 Å². The van der Waals surface area contributed by atoms with E-state index in [0.717, 1.165) is 18.2 Å². The van der Waals surface area contributed by atoms with E-state index in [4.69, 9.17) is 10.8 Å². The molecule has 5 nitrogen and oxygen atoms in total.